The molecule has 1 N–H and O–H groups in total. The van der Waals surface area contributed by atoms with Crippen LogP contribution in [-0.2, 0) is 6.54 Å². The van der Waals surface area contributed by atoms with E-state index in [2.05, 4.69) is 20.4 Å². The molecule has 3 heterocycles. The molecule has 0 spiro atoms. The normalized spacial score (nSPS) is 12.1. The Labute approximate surface area is 174 Å². The maximum Gasteiger partial charge on any atom is 0.352 e. The van der Waals surface area contributed by atoms with Crippen molar-refractivity contribution in [1.29, 1.82) is 0 Å². The van der Waals surface area contributed by atoms with Gasteiger partial charge in [-0.3, -0.25) is 9.78 Å². The third-order valence-corrected chi connectivity index (χ3v) is 6.38. The van der Waals surface area contributed by atoms with Gasteiger partial charge in [0.2, 0.25) is 0 Å². The molecular weight excluding hydrogens is 408 g/mol. The minimum absolute atomic E-state index is 0.215. The average Bonchev–Trinajstić information content (AvgIpc) is 3.46. The lowest BCUT2D eigenvalue weighted by Gasteiger charge is -2.10. The maximum absolute atomic E-state index is 12.9. The summed E-state index contributed by atoms with van der Waals surface area (Å²) in [6.07, 6.45) is 3.16. The van der Waals surface area contributed by atoms with Crippen molar-refractivity contribution in [2.45, 2.75) is 26.4 Å². The Morgan fingerprint density at radius 2 is 2.07 bits per heavy atom. The zero-order valence-electron chi connectivity index (χ0n) is 15.8. The van der Waals surface area contributed by atoms with Gasteiger partial charge in [-0.15, -0.1) is 11.3 Å². The number of rotatable bonds is 6. The minimum Gasteiger partial charge on any atom is -0.346 e. The van der Waals surface area contributed by atoms with Crippen molar-refractivity contribution in [2.75, 3.05) is 0 Å². The summed E-state index contributed by atoms with van der Waals surface area (Å²) < 4.78 is 2.78. The second kappa shape index (κ2) is 8.10. The molecule has 4 aromatic rings. The first-order chi connectivity index (χ1) is 14.0. The summed E-state index contributed by atoms with van der Waals surface area (Å²) >= 11 is 2.64. The Morgan fingerprint density at radius 1 is 1.28 bits per heavy atom. The summed E-state index contributed by atoms with van der Waals surface area (Å²) in [4.78, 5) is 35.2. The van der Waals surface area contributed by atoms with E-state index in [1.807, 2.05) is 37.3 Å². The topological polar surface area (TPSA) is 94.7 Å². The Bertz CT molecular complexity index is 1180. The fourth-order valence-corrected chi connectivity index (χ4v) is 4.34. The summed E-state index contributed by atoms with van der Waals surface area (Å²) in [7, 11) is 0. The number of hydrogen-bond donors (Lipinski definition) is 1. The van der Waals surface area contributed by atoms with E-state index in [0.717, 1.165) is 10.4 Å². The van der Waals surface area contributed by atoms with Crippen LogP contribution >= 0.6 is 22.7 Å². The van der Waals surface area contributed by atoms with Gasteiger partial charge >= 0.3 is 5.69 Å². The zero-order valence-corrected chi connectivity index (χ0v) is 17.4. The molecule has 0 saturated heterocycles. The van der Waals surface area contributed by atoms with E-state index in [0.29, 0.717) is 22.2 Å². The molecule has 4 rings (SSSR count). The predicted octanol–water partition coefficient (Wildman–Crippen LogP) is 2.79. The van der Waals surface area contributed by atoms with Gasteiger partial charge in [0.25, 0.3) is 5.91 Å². The van der Waals surface area contributed by atoms with Gasteiger partial charge in [0.1, 0.15) is 11.2 Å². The third kappa shape index (κ3) is 3.89. The van der Waals surface area contributed by atoms with Crippen molar-refractivity contribution in [3.05, 3.63) is 79.9 Å². The van der Waals surface area contributed by atoms with Crippen LogP contribution in [0.2, 0.25) is 0 Å². The highest BCUT2D eigenvalue weighted by Gasteiger charge is 2.20. The largest absolute Gasteiger partial charge is 0.352 e. The molecule has 1 aromatic carbocycles. The number of thiazole rings is 2. The summed E-state index contributed by atoms with van der Waals surface area (Å²) in [5, 5.41) is 7.53. The first-order valence-corrected chi connectivity index (χ1v) is 10.6. The molecule has 148 valence electrons. The van der Waals surface area contributed by atoms with Gasteiger partial charge in [0, 0.05) is 11.1 Å². The van der Waals surface area contributed by atoms with Crippen molar-refractivity contribution < 1.29 is 4.79 Å². The number of hydrogen-bond acceptors (Lipinski definition) is 7. The number of aryl methyl sites for hydroxylation is 1. The van der Waals surface area contributed by atoms with E-state index >= 15 is 0 Å². The molecule has 10 heteroatoms. The van der Waals surface area contributed by atoms with Crippen molar-refractivity contribution >= 4 is 28.6 Å². The highest BCUT2D eigenvalue weighted by Crippen LogP contribution is 2.21. The molecule has 8 nitrogen and oxygen atoms in total. The average molecular weight is 427 g/mol. The number of carbonyl (C=O) groups is 1. The Kier molecular flexibility index (Phi) is 5.36. The summed E-state index contributed by atoms with van der Waals surface area (Å²) in [6.45, 7) is 4.08. The van der Waals surface area contributed by atoms with Crippen LogP contribution in [0.15, 0.2) is 53.2 Å². The molecule has 0 radical (unpaired) electrons. The fraction of sp³-hybridized carbons (Fsp3) is 0.211. The van der Waals surface area contributed by atoms with E-state index in [9.17, 15) is 9.59 Å². The third-order valence-electron chi connectivity index (χ3n) is 4.45. The molecule has 1 amide bonds. The summed E-state index contributed by atoms with van der Waals surface area (Å²) in [6, 6.07) is 9.47. The standard InChI is InChI=1S/C19H18N6O2S2/c1-12-16(17(26)21-9-15-8-20-11-28-15)29-18(23-12)24-10-22-25(19(24)27)13(2)14-6-4-3-5-7-14/h3-8,10-11,13H,9H2,1-2H3,(H,21,26). The highest BCUT2D eigenvalue weighted by atomic mass is 32.1. The Balaban J connectivity index is 1.57. The second-order valence-electron chi connectivity index (χ2n) is 6.38. The van der Waals surface area contributed by atoms with Crippen LogP contribution in [0.3, 0.4) is 0 Å². The zero-order chi connectivity index (χ0) is 20.4. The van der Waals surface area contributed by atoms with Crippen LogP contribution in [0.1, 0.15) is 38.8 Å². The number of carbonyl (C=O) groups excluding carboxylic acids is 1. The number of nitrogens with zero attached hydrogens (tertiary/aromatic N) is 5. The predicted molar refractivity (Wildman–Crippen MR) is 112 cm³/mol. The molecule has 1 unspecified atom stereocenters. The van der Waals surface area contributed by atoms with Gasteiger partial charge < -0.3 is 5.32 Å². The van der Waals surface area contributed by atoms with Crippen LogP contribution in [-0.4, -0.2) is 30.2 Å². The van der Waals surface area contributed by atoms with E-state index < -0.39 is 0 Å². The molecule has 0 fully saturated rings. The lowest BCUT2D eigenvalue weighted by atomic mass is 10.1. The number of aromatic nitrogens is 5. The van der Waals surface area contributed by atoms with Gasteiger partial charge in [0.05, 0.1) is 23.8 Å². The van der Waals surface area contributed by atoms with Crippen LogP contribution in [0.4, 0.5) is 0 Å². The van der Waals surface area contributed by atoms with E-state index in [1.54, 1.807) is 18.6 Å². The molecule has 0 bridgehead atoms. The number of benzene rings is 1. The SMILES string of the molecule is Cc1nc(-n2cnn(C(C)c3ccccc3)c2=O)sc1C(=O)NCc1cncs1. The van der Waals surface area contributed by atoms with E-state index in [4.69, 9.17) is 0 Å². The minimum atomic E-state index is -0.299. The Morgan fingerprint density at radius 3 is 2.79 bits per heavy atom. The van der Waals surface area contributed by atoms with Gasteiger partial charge in [0.15, 0.2) is 5.13 Å². The van der Waals surface area contributed by atoms with Crippen molar-refractivity contribution in [3.8, 4) is 5.13 Å². The van der Waals surface area contributed by atoms with Crippen LogP contribution in [0.25, 0.3) is 5.13 Å². The van der Waals surface area contributed by atoms with Crippen molar-refractivity contribution in [1.82, 2.24) is 29.6 Å². The summed E-state index contributed by atoms with van der Waals surface area (Å²) in [5.41, 5.74) is 2.98. The maximum atomic E-state index is 12.9. The second-order valence-corrected chi connectivity index (χ2v) is 8.32. The first kappa shape index (κ1) is 19.2. The van der Waals surface area contributed by atoms with Gasteiger partial charge in [-0.1, -0.05) is 41.7 Å². The van der Waals surface area contributed by atoms with Crippen LogP contribution < -0.4 is 11.0 Å². The van der Waals surface area contributed by atoms with Crippen molar-refractivity contribution in [2.24, 2.45) is 0 Å². The fourth-order valence-electron chi connectivity index (χ4n) is 2.86. The van der Waals surface area contributed by atoms with E-state index in [1.165, 1.54) is 38.2 Å². The van der Waals surface area contributed by atoms with Crippen molar-refractivity contribution in [3.63, 3.8) is 0 Å². The molecule has 0 saturated carbocycles. The Hall–Kier alpha value is -3.11. The van der Waals surface area contributed by atoms with E-state index in [-0.39, 0.29) is 17.6 Å². The number of nitrogens with one attached hydrogen (secondary N) is 1. The lowest BCUT2D eigenvalue weighted by Crippen LogP contribution is -2.26. The molecular formula is C19H18N6O2S2. The lowest BCUT2D eigenvalue weighted by molar-refractivity contribution is 0.0954. The highest BCUT2D eigenvalue weighted by molar-refractivity contribution is 7.16. The van der Waals surface area contributed by atoms with Gasteiger partial charge in [-0.05, 0) is 19.4 Å². The number of amides is 1. The molecule has 1 atom stereocenters. The first-order valence-electron chi connectivity index (χ1n) is 8.89. The monoisotopic (exact) mass is 426 g/mol. The molecule has 0 aliphatic rings. The van der Waals surface area contributed by atoms with Crippen LogP contribution in [0.5, 0.6) is 0 Å². The van der Waals surface area contributed by atoms with Crippen LogP contribution in [0, 0.1) is 6.92 Å². The molecule has 29 heavy (non-hydrogen) atoms. The summed E-state index contributed by atoms with van der Waals surface area (Å²) in [5.74, 6) is -0.224. The van der Waals surface area contributed by atoms with Gasteiger partial charge in [-0.25, -0.2) is 19.0 Å². The smallest absolute Gasteiger partial charge is 0.346 e. The quantitative estimate of drug-likeness (QED) is 0.512. The van der Waals surface area contributed by atoms with Gasteiger partial charge in [-0.2, -0.15) is 5.10 Å². The molecule has 0 aliphatic carbocycles. The molecule has 3 aromatic heterocycles. The molecule has 0 aliphatic heterocycles.